The van der Waals surface area contributed by atoms with Crippen LogP contribution in [-0.2, 0) is 0 Å². The molecule has 1 aromatic carbocycles. The number of aromatic nitrogens is 1. The summed E-state index contributed by atoms with van der Waals surface area (Å²) < 4.78 is 0. The van der Waals surface area contributed by atoms with Crippen LogP contribution in [-0.4, -0.2) is 15.2 Å². The van der Waals surface area contributed by atoms with Crippen molar-refractivity contribution < 1.29 is 10.2 Å². The minimum atomic E-state index is -0.382. The molecule has 0 saturated heterocycles. The first-order valence-electron chi connectivity index (χ1n) is 4.33. The van der Waals surface area contributed by atoms with Crippen molar-refractivity contribution in [1.29, 1.82) is 10.5 Å². The number of hydrogen-bond donors (Lipinski definition) is 2. The smallest absolute Gasteiger partial charge is 0.161 e. The van der Waals surface area contributed by atoms with Crippen LogP contribution in [0.15, 0.2) is 18.3 Å². The largest absolute Gasteiger partial charge is 0.506 e. The van der Waals surface area contributed by atoms with Crippen LogP contribution in [0.4, 0.5) is 0 Å². The molecule has 5 nitrogen and oxygen atoms in total. The SMILES string of the molecule is N#Cc1c(C#N)c(O)c2ncccc2c1O. The first kappa shape index (κ1) is 9.75. The van der Waals surface area contributed by atoms with Crippen LogP contribution < -0.4 is 0 Å². The van der Waals surface area contributed by atoms with Gasteiger partial charge in [0, 0.05) is 11.6 Å². The zero-order chi connectivity index (χ0) is 11.7. The summed E-state index contributed by atoms with van der Waals surface area (Å²) in [7, 11) is 0. The predicted octanol–water partition coefficient (Wildman–Crippen LogP) is 1.39. The fraction of sp³-hybridized carbons (Fsp3) is 0. The Labute approximate surface area is 90.4 Å². The number of benzene rings is 1. The van der Waals surface area contributed by atoms with Crippen molar-refractivity contribution in [3.63, 3.8) is 0 Å². The lowest BCUT2D eigenvalue weighted by molar-refractivity contribution is 0.465. The summed E-state index contributed by atoms with van der Waals surface area (Å²) in [6.45, 7) is 0. The average Bonchev–Trinajstić information content (AvgIpc) is 2.33. The Morgan fingerprint density at radius 2 is 1.69 bits per heavy atom. The van der Waals surface area contributed by atoms with Gasteiger partial charge in [0.25, 0.3) is 0 Å². The van der Waals surface area contributed by atoms with Gasteiger partial charge in [-0.1, -0.05) is 0 Å². The maximum absolute atomic E-state index is 9.76. The van der Waals surface area contributed by atoms with E-state index >= 15 is 0 Å². The van der Waals surface area contributed by atoms with Crippen LogP contribution in [0.1, 0.15) is 11.1 Å². The fourth-order valence-electron chi connectivity index (χ4n) is 1.49. The monoisotopic (exact) mass is 211 g/mol. The average molecular weight is 211 g/mol. The van der Waals surface area contributed by atoms with Crippen molar-refractivity contribution in [2.24, 2.45) is 0 Å². The van der Waals surface area contributed by atoms with E-state index in [1.807, 2.05) is 0 Å². The molecule has 0 spiro atoms. The molecule has 0 aliphatic heterocycles. The normalized spacial score (nSPS) is 9.62. The highest BCUT2D eigenvalue weighted by Crippen LogP contribution is 2.37. The maximum atomic E-state index is 9.76. The number of hydrogen-bond acceptors (Lipinski definition) is 5. The van der Waals surface area contributed by atoms with Crippen LogP contribution >= 0.6 is 0 Å². The second-order valence-electron chi connectivity index (χ2n) is 3.07. The summed E-state index contributed by atoms with van der Waals surface area (Å²) in [5.41, 5.74) is -0.387. The van der Waals surface area contributed by atoms with E-state index in [0.717, 1.165) is 0 Å². The molecule has 0 amide bonds. The van der Waals surface area contributed by atoms with Crippen LogP contribution in [0.2, 0.25) is 0 Å². The summed E-state index contributed by atoms with van der Waals surface area (Å²) in [6, 6.07) is 6.44. The zero-order valence-electron chi connectivity index (χ0n) is 7.97. The number of aromatic hydroxyl groups is 2. The number of nitrogens with zero attached hydrogens (tertiary/aromatic N) is 3. The topological polar surface area (TPSA) is 101 Å². The van der Waals surface area contributed by atoms with Gasteiger partial charge in [-0.05, 0) is 12.1 Å². The maximum Gasteiger partial charge on any atom is 0.161 e. The van der Waals surface area contributed by atoms with Gasteiger partial charge >= 0.3 is 0 Å². The molecule has 0 bridgehead atoms. The van der Waals surface area contributed by atoms with E-state index in [0.29, 0.717) is 0 Å². The highest BCUT2D eigenvalue weighted by Gasteiger charge is 2.18. The number of pyridine rings is 1. The summed E-state index contributed by atoms with van der Waals surface area (Å²) >= 11 is 0. The standard InChI is InChI=1S/C11H5N3O2/c12-4-7-8(5-13)11(16)9-6(10(7)15)2-1-3-14-9/h1-3,15-16H. The van der Waals surface area contributed by atoms with Crippen molar-refractivity contribution >= 4 is 10.9 Å². The molecule has 1 heterocycles. The van der Waals surface area contributed by atoms with Gasteiger partial charge in [-0.3, -0.25) is 4.98 Å². The summed E-state index contributed by atoms with van der Waals surface area (Å²) in [5.74, 6) is -0.715. The Morgan fingerprint density at radius 3 is 2.31 bits per heavy atom. The van der Waals surface area contributed by atoms with Gasteiger partial charge in [-0.25, -0.2) is 0 Å². The summed E-state index contributed by atoms with van der Waals surface area (Å²) in [5, 5.41) is 37.4. The summed E-state index contributed by atoms with van der Waals surface area (Å²) in [4.78, 5) is 3.86. The third-order valence-electron chi connectivity index (χ3n) is 2.23. The van der Waals surface area contributed by atoms with E-state index < -0.39 is 0 Å². The van der Waals surface area contributed by atoms with Crippen LogP contribution in [0.25, 0.3) is 10.9 Å². The molecular weight excluding hydrogens is 206 g/mol. The molecule has 5 heteroatoms. The third-order valence-corrected chi connectivity index (χ3v) is 2.23. The van der Waals surface area contributed by atoms with Gasteiger partial charge < -0.3 is 10.2 Å². The molecule has 0 radical (unpaired) electrons. The zero-order valence-corrected chi connectivity index (χ0v) is 7.97. The lowest BCUT2D eigenvalue weighted by atomic mass is 10.0. The molecule has 2 aromatic rings. The van der Waals surface area contributed by atoms with E-state index in [9.17, 15) is 10.2 Å². The third kappa shape index (κ3) is 1.13. The molecule has 2 rings (SSSR count). The van der Waals surface area contributed by atoms with Crippen LogP contribution in [0.5, 0.6) is 11.5 Å². The van der Waals surface area contributed by atoms with Gasteiger partial charge in [-0.15, -0.1) is 0 Å². The van der Waals surface area contributed by atoms with Gasteiger partial charge in [0.1, 0.15) is 34.5 Å². The minimum absolute atomic E-state index is 0.107. The number of phenolic OH excluding ortho intramolecular Hbond substituents is 2. The van der Waals surface area contributed by atoms with Crippen molar-refractivity contribution in [3.05, 3.63) is 29.5 Å². The Kier molecular flexibility index (Phi) is 2.08. The minimum Gasteiger partial charge on any atom is -0.506 e. The molecule has 0 aliphatic carbocycles. The molecule has 76 valence electrons. The van der Waals surface area contributed by atoms with E-state index in [1.165, 1.54) is 12.3 Å². The fourth-order valence-corrected chi connectivity index (χ4v) is 1.49. The molecule has 0 unspecified atom stereocenters. The Morgan fingerprint density at radius 1 is 1.06 bits per heavy atom. The van der Waals surface area contributed by atoms with Gasteiger partial charge in [0.05, 0.1) is 0 Å². The van der Waals surface area contributed by atoms with E-state index in [1.54, 1.807) is 18.2 Å². The van der Waals surface area contributed by atoms with Crippen LogP contribution in [0, 0.1) is 22.7 Å². The number of fused-ring (bicyclic) bond motifs is 1. The lowest BCUT2D eigenvalue weighted by Crippen LogP contribution is -1.90. The molecule has 0 saturated carbocycles. The lowest BCUT2D eigenvalue weighted by Gasteiger charge is -2.06. The quantitative estimate of drug-likeness (QED) is 0.641. The predicted molar refractivity (Wildman–Crippen MR) is 54.5 cm³/mol. The van der Waals surface area contributed by atoms with Gasteiger partial charge in [0.15, 0.2) is 5.75 Å². The summed E-state index contributed by atoms with van der Waals surface area (Å²) in [6.07, 6.45) is 1.43. The van der Waals surface area contributed by atoms with Gasteiger partial charge in [-0.2, -0.15) is 10.5 Å². The second kappa shape index (κ2) is 3.41. The van der Waals surface area contributed by atoms with Crippen molar-refractivity contribution in [2.75, 3.05) is 0 Å². The van der Waals surface area contributed by atoms with E-state index in [4.69, 9.17) is 10.5 Å². The molecule has 1 aromatic heterocycles. The van der Waals surface area contributed by atoms with E-state index in [2.05, 4.69) is 4.98 Å². The highest BCUT2D eigenvalue weighted by atomic mass is 16.3. The Hall–Kier alpha value is -2.79. The number of phenols is 2. The van der Waals surface area contributed by atoms with Crippen molar-refractivity contribution in [1.82, 2.24) is 4.98 Å². The second-order valence-corrected chi connectivity index (χ2v) is 3.07. The Balaban J connectivity index is 3.08. The molecular formula is C11H5N3O2. The first-order chi connectivity index (χ1) is 7.70. The molecule has 0 fully saturated rings. The van der Waals surface area contributed by atoms with Gasteiger partial charge in [0.2, 0.25) is 0 Å². The van der Waals surface area contributed by atoms with Crippen molar-refractivity contribution in [3.8, 4) is 23.6 Å². The molecule has 16 heavy (non-hydrogen) atoms. The van der Waals surface area contributed by atoms with E-state index in [-0.39, 0.29) is 33.5 Å². The molecule has 2 N–H and O–H groups in total. The Bertz CT molecular complexity index is 607. The highest BCUT2D eigenvalue weighted by molar-refractivity contribution is 5.94. The molecule has 0 atom stereocenters. The van der Waals surface area contributed by atoms with Crippen molar-refractivity contribution in [2.45, 2.75) is 0 Å². The first-order valence-corrected chi connectivity index (χ1v) is 4.33. The molecule has 0 aliphatic rings. The number of nitriles is 2. The number of rotatable bonds is 0. The van der Waals surface area contributed by atoms with Crippen LogP contribution in [0.3, 0.4) is 0 Å².